The van der Waals surface area contributed by atoms with Gasteiger partial charge in [-0.05, 0) is 65.6 Å². The fourth-order valence-corrected chi connectivity index (χ4v) is 4.58. The molecule has 1 aliphatic rings. The molecule has 0 aliphatic carbocycles. The molecule has 0 saturated carbocycles. The van der Waals surface area contributed by atoms with Gasteiger partial charge >= 0.3 is 0 Å². The van der Waals surface area contributed by atoms with Crippen LogP contribution in [0.25, 0.3) is 11.3 Å². The number of hydrogen-bond acceptors (Lipinski definition) is 5. The van der Waals surface area contributed by atoms with Gasteiger partial charge in [0.2, 0.25) is 0 Å². The summed E-state index contributed by atoms with van der Waals surface area (Å²) < 4.78 is 13.1. The Morgan fingerprint density at radius 2 is 1.66 bits per heavy atom. The number of benzene rings is 3. The van der Waals surface area contributed by atoms with E-state index in [4.69, 9.17) is 9.47 Å². The van der Waals surface area contributed by atoms with E-state index in [-0.39, 0.29) is 6.61 Å². The maximum absolute atomic E-state index is 10.5. The molecule has 6 heteroatoms. The number of aliphatic hydroxyl groups is 1. The Hall–Kier alpha value is -3.61. The standard InChI is InChI=1S/C29H31N3O3/c1-34-27-10-6-22(7-11-27)18-32-29(14-16-30-32)24-8-12-28(13-9-24)35-21-26(33)20-31-17-15-23-4-2-3-5-25(23)19-31/h2-14,16,26,33H,15,17-21H2,1H3/t26-/m0/s1. The Labute approximate surface area is 206 Å². The lowest BCUT2D eigenvalue weighted by atomic mass is 10.00. The number of nitrogens with zero attached hydrogens (tertiary/aromatic N) is 3. The van der Waals surface area contributed by atoms with Crippen LogP contribution in [-0.2, 0) is 19.5 Å². The van der Waals surface area contributed by atoms with Gasteiger partial charge in [0.15, 0.2) is 0 Å². The van der Waals surface area contributed by atoms with Crippen LogP contribution in [0, 0.1) is 0 Å². The zero-order chi connectivity index (χ0) is 24.0. The van der Waals surface area contributed by atoms with Gasteiger partial charge in [-0.3, -0.25) is 9.58 Å². The molecule has 4 aromatic rings. The maximum atomic E-state index is 10.5. The maximum Gasteiger partial charge on any atom is 0.119 e. The molecule has 0 saturated heterocycles. The third-order valence-electron chi connectivity index (χ3n) is 6.48. The van der Waals surface area contributed by atoms with Gasteiger partial charge in [-0.25, -0.2) is 0 Å². The first-order valence-corrected chi connectivity index (χ1v) is 12.0. The van der Waals surface area contributed by atoms with Gasteiger partial charge in [0.25, 0.3) is 0 Å². The van der Waals surface area contributed by atoms with E-state index < -0.39 is 6.10 Å². The van der Waals surface area contributed by atoms with Crippen LogP contribution in [0.2, 0.25) is 0 Å². The summed E-state index contributed by atoms with van der Waals surface area (Å²) in [7, 11) is 1.67. The molecule has 1 aromatic heterocycles. The molecule has 3 aromatic carbocycles. The summed E-state index contributed by atoms with van der Waals surface area (Å²) in [6.07, 6.45) is 2.31. The molecular formula is C29H31N3O3. The summed E-state index contributed by atoms with van der Waals surface area (Å²) in [6.45, 7) is 3.40. The Bertz CT molecular complexity index is 1230. The quantitative estimate of drug-likeness (QED) is 0.394. The number of fused-ring (bicyclic) bond motifs is 1. The summed E-state index contributed by atoms with van der Waals surface area (Å²) in [5.41, 5.74) is 6.03. The lowest BCUT2D eigenvalue weighted by Gasteiger charge is -2.30. The summed E-state index contributed by atoms with van der Waals surface area (Å²) in [5.74, 6) is 1.59. The normalized spacial score (nSPS) is 14.3. The molecule has 5 rings (SSSR count). The molecule has 2 heterocycles. The monoisotopic (exact) mass is 469 g/mol. The molecule has 0 bridgehead atoms. The zero-order valence-electron chi connectivity index (χ0n) is 20.0. The Kier molecular flexibility index (Phi) is 7.12. The fraction of sp³-hybridized carbons (Fsp3) is 0.276. The molecule has 6 nitrogen and oxygen atoms in total. The van der Waals surface area contributed by atoms with Crippen LogP contribution in [0.4, 0.5) is 0 Å². The van der Waals surface area contributed by atoms with E-state index in [2.05, 4.69) is 46.4 Å². The average molecular weight is 470 g/mol. The van der Waals surface area contributed by atoms with Crippen molar-refractivity contribution >= 4 is 0 Å². The molecular weight excluding hydrogens is 438 g/mol. The first-order valence-electron chi connectivity index (χ1n) is 12.0. The van der Waals surface area contributed by atoms with E-state index in [1.807, 2.05) is 53.3 Å². The number of methoxy groups -OCH3 is 1. The predicted molar refractivity (Wildman–Crippen MR) is 137 cm³/mol. The van der Waals surface area contributed by atoms with E-state index in [1.54, 1.807) is 7.11 Å². The highest BCUT2D eigenvalue weighted by Gasteiger charge is 2.18. The highest BCUT2D eigenvalue weighted by molar-refractivity contribution is 5.60. The minimum atomic E-state index is -0.536. The molecule has 1 atom stereocenters. The van der Waals surface area contributed by atoms with Gasteiger partial charge in [0.1, 0.15) is 24.2 Å². The van der Waals surface area contributed by atoms with Crippen molar-refractivity contribution in [3.63, 3.8) is 0 Å². The number of rotatable bonds is 9. The molecule has 1 N–H and O–H groups in total. The molecule has 1 aliphatic heterocycles. The SMILES string of the molecule is COc1ccc(Cn2nccc2-c2ccc(OC[C@@H](O)CN3CCc4ccccc4C3)cc2)cc1. The van der Waals surface area contributed by atoms with Crippen LogP contribution < -0.4 is 9.47 Å². The first-order chi connectivity index (χ1) is 17.2. The van der Waals surface area contributed by atoms with Gasteiger partial charge in [-0.1, -0.05) is 36.4 Å². The van der Waals surface area contributed by atoms with Crippen molar-refractivity contribution in [3.05, 3.63) is 102 Å². The largest absolute Gasteiger partial charge is 0.497 e. The van der Waals surface area contributed by atoms with Crippen molar-refractivity contribution in [2.45, 2.75) is 25.6 Å². The van der Waals surface area contributed by atoms with Crippen molar-refractivity contribution in [2.24, 2.45) is 0 Å². The number of aromatic nitrogens is 2. The predicted octanol–water partition coefficient (Wildman–Crippen LogP) is 4.41. The molecule has 180 valence electrons. The molecule has 0 fully saturated rings. The zero-order valence-corrected chi connectivity index (χ0v) is 20.0. The topological polar surface area (TPSA) is 59.8 Å². The van der Waals surface area contributed by atoms with Gasteiger partial charge in [0.05, 0.1) is 19.3 Å². The second-order valence-electron chi connectivity index (χ2n) is 8.97. The molecule has 0 unspecified atom stereocenters. The van der Waals surface area contributed by atoms with Gasteiger partial charge < -0.3 is 14.6 Å². The van der Waals surface area contributed by atoms with E-state index >= 15 is 0 Å². The lowest BCUT2D eigenvalue weighted by molar-refractivity contribution is 0.0638. The average Bonchev–Trinajstić information content (AvgIpc) is 3.36. The summed E-state index contributed by atoms with van der Waals surface area (Å²) in [6, 6.07) is 26.5. The molecule has 0 spiro atoms. The van der Waals surface area contributed by atoms with E-state index in [9.17, 15) is 5.11 Å². The summed E-state index contributed by atoms with van der Waals surface area (Å²) >= 11 is 0. The van der Waals surface area contributed by atoms with Gasteiger partial charge in [0, 0.05) is 31.4 Å². The van der Waals surface area contributed by atoms with Crippen molar-refractivity contribution in [3.8, 4) is 22.8 Å². The van der Waals surface area contributed by atoms with Gasteiger partial charge in [-0.15, -0.1) is 0 Å². The third kappa shape index (κ3) is 5.73. The molecule has 0 radical (unpaired) electrons. The number of β-amino-alcohol motifs (C(OH)–C–C–N with tert-alkyl or cyclic N) is 1. The Morgan fingerprint density at radius 1 is 0.914 bits per heavy atom. The minimum Gasteiger partial charge on any atom is -0.497 e. The minimum absolute atomic E-state index is 0.271. The van der Waals surface area contributed by atoms with Crippen molar-refractivity contribution in [2.75, 3.05) is 26.8 Å². The second kappa shape index (κ2) is 10.8. The lowest BCUT2D eigenvalue weighted by Crippen LogP contribution is -2.38. The number of ether oxygens (including phenoxy) is 2. The van der Waals surface area contributed by atoms with Crippen LogP contribution >= 0.6 is 0 Å². The van der Waals surface area contributed by atoms with E-state index in [0.29, 0.717) is 13.1 Å². The molecule has 0 amide bonds. The number of hydrogen-bond donors (Lipinski definition) is 1. The highest BCUT2D eigenvalue weighted by Crippen LogP contribution is 2.24. The highest BCUT2D eigenvalue weighted by atomic mass is 16.5. The third-order valence-corrected chi connectivity index (χ3v) is 6.48. The Morgan fingerprint density at radius 3 is 2.43 bits per heavy atom. The fourth-order valence-electron chi connectivity index (χ4n) is 4.58. The smallest absolute Gasteiger partial charge is 0.119 e. The van der Waals surface area contributed by atoms with Crippen LogP contribution in [0.1, 0.15) is 16.7 Å². The van der Waals surface area contributed by atoms with Crippen molar-refractivity contribution < 1.29 is 14.6 Å². The van der Waals surface area contributed by atoms with Crippen LogP contribution in [0.5, 0.6) is 11.5 Å². The van der Waals surface area contributed by atoms with E-state index in [0.717, 1.165) is 47.8 Å². The number of aliphatic hydroxyl groups excluding tert-OH is 1. The van der Waals surface area contributed by atoms with Crippen LogP contribution in [0.3, 0.4) is 0 Å². The van der Waals surface area contributed by atoms with Gasteiger partial charge in [-0.2, -0.15) is 5.10 Å². The summed E-state index contributed by atoms with van der Waals surface area (Å²) in [4.78, 5) is 2.30. The van der Waals surface area contributed by atoms with E-state index in [1.165, 1.54) is 11.1 Å². The van der Waals surface area contributed by atoms with Crippen molar-refractivity contribution in [1.29, 1.82) is 0 Å². The Balaban J connectivity index is 1.15. The second-order valence-corrected chi connectivity index (χ2v) is 8.97. The first kappa shape index (κ1) is 23.1. The van der Waals surface area contributed by atoms with Crippen LogP contribution in [0.15, 0.2) is 85.1 Å². The van der Waals surface area contributed by atoms with Crippen molar-refractivity contribution in [1.82, 2.24) is 14.7 Å². The van der Waals surface area contributed by atoms with Crippen LogP contribution in [-0.4, -0.2) is 52.7 Å². The summed E-state index contributed by atoms with van der Waals surface area (Å²) in [5, 5.41) is 15.0. The molecule has 35 heavy (non-hydrogen) atoms.